The highest BCUT2D eigenvalue weighted by Crippen LogP contribution is 2.33. The molecule has 2 unspecified atom stereocenters. The molecule has 0 aliphatic carbocycles. The third kappa shape index (κ3) is 3.51. The van der Waals surface area contributed by atoms with E-state index in [2.05, 4.69) is 0 Å². The Labute approximate surface area is 140 Å². The van der Waals surface area contributed by atoms with Crippen LogP contribution in [-0.2, 0) is 13.8 Å². The highest BCUT2D eigenvalue weighted by atomic mass is 35.7. The summed E-state index contributed by atoms with van der Waals surface area (Å²) >= 11 is 0. The number of nitrogens with zero attached hydrogens (tertiary/aromatic N) is 1. The summed E-state index contributed by atoms with van der Waals surface area (Å²) in [5.74, 6) is -0.405. The third-order valence-electron chi connectivity index (χ3n) is 4.41. The number of carbonyl (C=O) groups is 1. The minimum Gasteiger partial charge on any atom is -0.336 e. The molecule has 0 spiro atoms. The number of rotatable bonds is 4. The van der Waals surface area contributed by atoms with Crippen molar-refractivity contribution in [3.05, 3.63) is 48.0 Å². The van der Waals surface area contributed by atoms with Gasteiger partial charge in [0.15, 0.2) is 0 Å². The Morgan fingerprint density at radius 2 is 1.91 bits per heavy atom. The fraction of sp³-hybridized carbons (Fsp3) is 0.353. The molecule has 0 bridgehead atoms. The second-order valence-electron chi connectivity index (χ2n) is 6.07. The lowest BCUT2D eigenvalue weighted by Crippen LogP contribution is -2.29. The van der Waals surface area contributed by atoms with Gasteiger partial charge in [0.1, 0.15) is 0 Å². The second kappa shape index (κ2) is 6.13. The van der Waals surface area contributed by atoms with E-state index in [4.69, 9.17) is 10.7 Å². The van der Waals surface area contributed by atoms with Crippen molar-refractivity contribution in [3.63, 3.8) is 0 Å². The van der Waals surface area contributed by atoms with E-state index in [0.29, 0.717) is 6.54 Å². The molecule has 2 atom stereocenters. The number of fused-ring (bicyclic) bond motifs is 1. The van der Waals surface area contributed by atoms with Crippen LogP contribution in [0.25, 0.3) is 10.8 Å². The molecule has 0 N–H and O–H groups in total. The van der Waals surface area contributed by atoms with Crippen LogP contribution < -0.4 is 0 Å². The Morgan fingerprint density at radius 1 is 1.22 bits per heavy atom. The average molecular weight is 352 g/mol. The van der Waals surface area contributed by atoms with Crippen molar-refractivity contribution >= 4 is 36.4 Å². The predicted octanol–water partition coefficient (Wildman–Crippen LogP) is 3.32. The second-order valence-corrected chi connectivity index (χ2v) is 8.89. The molecule has 1 aliphatic rings. The van der Waals surface area contributed by atoms with E-state index in [1.807, 2.05) is 49.4 Å². The van der Waals surface area contributed by atoms with Gasteiger partial charge in [-0.2, -0.15) is 0 Å². The minimum absolute atomic E-state index is 0.0178. The van der Waals surface area contributed by atoms with Gasteiger partial charge < -0.3 is 4.90 Å². The van der Waals surface area contributed by atoms with Crippen molar-refractivity contribution in [1.82, 2.24) is 4.90 Å². The molecule has 1 aliphatic heterocycles. The molecular weight excluding hydrogens is 334 g/mol. The van der Waals surface area contributed by atoms with Crippen molar-refractivity contribution in [3.8, 4) is 0 Å². The number of likely N-dealkylation sites (tertiary alicyclic amines) is 1. The minimum atomic E-state index is -3.59. The zero-order chi connectivity index (χ0) is 16.6. The molecule has 4 nitrogen and oxygen atoms in total. The maximum atomic E-state index is 12.3. The monoisotopic (exact) mass is 351 g/mol. The van der Waals surface area contributed by atoms with Crippen molar-refractivity contribution in [2.75, 3.05) is 12.3 Å². The molecule has 6 heteroatoms. The molecule has 0 radical (unpaired) electrons. The Bertz CT molecular complexity index is 845. The number of halogens is 1. The first kappa shape index (κ1) is 16.3. The Kier molecular flexibility index (Phi) is 4.34. The summed E-state index contributed by atoms with van der Waals surface area (Å²) in [5.41, 5.74) is 1.07. The summed E-state index contributed by atoms with van der Waals surface area (Å²) in [6.07, 6.45) is 0.237. The topological polar surface area (TPSA) is 54.5 Å². The molecule has 2 aromatic rings. The standard InChI is InChI=1S/C17H18ClNO3S/c1-12(15-8-4-6-14-5-2-3-7-16(14)15)19-10-13(9-17(19)20)11-23(18,21)22/h2-8,12-13H,9-11H2,1H3. The lowest BCUT2D eigenvalue weighted by atomic mass is 9.99. The Morgan fingerprint density at radius 3 is 2.65 bits per heavy atom. The van der Waals surface area contributed by atoms with E-state index in [0.717, 1.165) is 16.3 Å². The van der Waals surface area contributed by atoms with Gasteiger partial charge in [-0.1, -0.05) is 42.5 Å². The largest absolute Gasteiger partial charge is 0.336 e. The first-order valence-electron chi connectivity index (χ1n) is 7.54. The molecule has 0 aromatic heterocycles. The van der Waals surface area contributed by atoms with Crippen LogP contribution in [0.15, 0.2) is 42.5 Å². The van der Waals surface area contributed by atoms with Gasteiger partial charge in [0.05, 0.1) is 11.8 Å². The van der Waals surface area contributed by atoms with E-state index >= 15 is 0 Å². The van der Waals surface area contributed by atoms with Crippen LogP contribution in [0.5, 0.6) is 0 Å². The summed E-state index contributed by atoms with van der Waals surface area (Å²) < 4.78 is 22.5. The zero-order valence-electron chi connectivity index (χ0n) is 12.8. The molecule has 23 heavy (non-hydrogen) atoms. The average Bonchev–Trinajstić information content (AvgIpc) is 2.84. The smallest absolute Gasteiger partial charge is 0.232 e. The lowest BCUT2D eigenvalue weighted by Gasteiger charge is -2.26. The third-order valence-corrected chi connectivity index (χ3v) is 5.66. The van der Waals surface area contributed by atoms with Gasteiger partial charge in [-0.05, 0) is 23.3 Å². The van der Waals surface area contributed by atoms with Crippen molar-refractivity contribution < 1.29 is 13.2 Å². The summed E-state index contributed by atoms with van der Waals surface area (Å²) in [7, 11) is 1.74. The van der Waals surface area contributed by atoms with Crippen LogP contribution in [0.3, 0.4) is 0 Å². The van der Waals surface area contributed by atoms with Crippen LogP contribution in [0.1, 0.15) is 24.9 Å². The van der Waals surface area contributed by atoms with Crippen LogP contribution in [0, 0.1) is 5.92 Å². The van der Waals surface area contributed by atoms with E-state index in [1.165, 1.54) is 0 Å². The van der Waals surface area contributed by atoms with E-state index < -0.39 is 9.05 Å². The van der Waals surface area contributed by atoms with Gasteiger partial charge in [-0.3, -0.25) is 4.79 Å². The lowest BCUT2D eigenvalue weighted by molar-refractivity contribution is -0.129. The van der Waals surface area contributed by atoms with Gasteiger partial charge in [0, 0.05) is 29.6 Å². The molecule has 1 heterocycles. The van der Waals surface area contributed by atoms with Gasteiger partial charge >= 0.3 is 0 Å². The van der Waals surface area contributed by atoms with E-state index in [9.17, 15) is 13.2 Å². The number of hydrogen-bond acceptors (Lipinski definition) is 3. The highest BCUT2D eigenvalue weighted by Gasteiger charge is 2.35. The predicted molar refractivity (Wildman–Crippen MR) is 91.8 cm³/mol. The summed E-state index contributed by atoms with van der Waals surface area (Å²) in [6, 6.07) is 14.0. The summed E-state index contributed by atoms with van der Waals surface area (Å²) in [5, 5.41) is 2.24. The van der Waals surface area contributed by atoms with Crippen LogP contribution in [0.2, 0.25) is 0 Å². The molecule has 3 rings (SSSR count). The molecular formula is C17H18ClNO3S. The first-order chi connectivity index (χ1) is 10.8. The fourth-order valence-corrected chi connectivity index (χ4v) is 4.68. The number of benzene rings is 2. The van der Waals surface area contributed by atoms with Gasteiger partial charge in [0.25, 0.3) is 0 Å². The summed E-state index contributed by atoms with van der Waals surface area (Å²) in [4.78, 5) is 14.1. The molecule has 1 fully saturated rings. The maximum absolute atomic E-state index is 12.3. The molecule has 1 amide bonds. The Balaban J connectivity index is 1.88. The molecule has 0 saturated carbocycles. The summed E-state index contributed by atoms with van der Waals surface area (Å²) in [6.45, 7) is 2.41. The van der Waals surface area contributed by atoms with E-state index in [-0.39, 0.29) is 30.0 Å². The highest BCUT2D eigenvalue weighted by molar-refractivity contribution is 8.13. The SMILES string of the molecule is CC(c1cccc2ccccc12)N1CC(CS(=O)(=O)Cl)CC1=O. The zero-order valence-corrected chi connectivity index (χ0v) is 14.3. The van der Waals surface area contributed by atoms with Crippen molar-refractivity contribution in [1.29, 1.82) is 0 Å². The Hall–Kier alpha value is -1.59. The molecule has 122 valence electrons. The quantitative estimate of drug-likeness (QED) is 0.794. The van der Waals surface area contributed by atoms with Gasteiger partial charge in [-0.25, -0.2) is 8.42 Å². The fourth-order valence-electron chi connectivity index (χ4n) is 3.36. The normalized spacial score (nSPS) is 20.2. The number of hydrogen-bond donors (Lipinski definition) is 0. The molecule has 1 saturated heterocycles. The molecule has 2 aromatic carbocycles. The number of amides is 1. The van der Waals surface area contributed by atoms with Crippen LogP contribution >= 0.6 is 10.7 Å². The first-order valence-corrected chi connectivity index (χ1v) is 10.0. The van der Waals surface area contributed by atoms with Crippen molar-refractivity contribution in [2.24, 2.45) is 5.92 Å². The van der Waals surface area contributed by atoms with Crippen LogP contribution in [-0.4, -0.2) is 31.5 Å². The number of carbonyl (C=O) groups excluding carboxylic acids is 1. The maximum Gasteiger partial charge on any atom is 0.232 e. The van der Waals surface area contributed by atoms with E-state index in [1.54, 1.807) is 4.90 Å². The van der Waals surface area contributed by atoms with Crippen LogP contribution in [0.4, 0.5) is 0 Å². The van der Waals surface area contributed by atoms with Gasteiger partial charge in [-0.15, -0.1) is 0 Å². The van der Waals surface area contributed by atoms with Gasteiger partial charge in [0.2, 0.25) is 15.0 Å². The van der Waals surface area contributed by atoms with Crippen molar-refractivity contribution in [2.45, 2.75) is 19.4 Å².